The van der Waals surface area contributed by atoms with Gasteiger partial charge in [0.1, 0.15) is 24.6 Å². The van der Waals surface area contributed by atoms with Crippen LogP contribution >= 0.6 is 0 Å². The summed E-state index contributed by atoms with van der Waals surface area (Å²) in [6, 6.07) is 1.77. The third-order valence-electron chi connectivity index (χ3n) is 5.87. The number of hydrogen-bond acceptors (Lipinski definition) is 5. The number of halogens is 7. The SMILES string of the molecule is O[C@](Cn1cnnn1)(c1ccc(F)cc1F)C(F)(F)C12CC(OCC(F)(F)F)(C1)C2. The van der Waals surface area contributed by atoms with Crippen LogP contribution in [-0.4, -0.2) is 49.6 Å². The Hall–Kier alpha value is -2.28. The van der Waals surface area contributed by atoms with Gasteiger partial charge < -0.3 is 9.84 Å². The summed E-state index contributed by atoms with van der Waals surface area (Å²) in [5.74, 6) is -6.46. The Morgan fingerprint density at radius 1 is 1.10 bits per heavy atom. The number of alkyl halides is 5. The lowest BCUT2D eigenvalue weighted by molar-refractivity contribution is -0.403. The van der Waals surface area contributed by atoms with E-state index in [1.165, 1.54) is 0 Å². The zero-order valence-corrected chi connectivity index (χ0v) is 15.1. The number of aromatic nitrogens is 4. The number of ether oxygens (including phenoxy) is 1. The van der Waals surface area contributed by atoms with Crippen LogP contribution in [0.4, 0.5) is 30.7 Å². The van der Waals surface area contributed by atoms with Gasteiger partial charge in [-0.15, -0.1) is 5.10 Å². The first-order valence-electron chi connectivity index (χ1n) is 8.79. The molecule has 2 bridgehead atoms. The van der Waals surface area contributed by atoms with Gasteiger partial charge in [0.25, 0.3) is 5.92 Å². The standard InChI is InChI=1S/C17H15F7N4O2/c18-10-1-2-11(12(19)3-10)15(29,7-28-9-25-26-27-28)17(23,24)13-4-14(5-13,6-13)30-8-16(20,21)22/h1-3,9,29H,4-8H2/t13?,14?,15-/m1/s1. The number of rotatable bonds is 7. The predicted octanol–water partition coefficient (Wildman–Crippen LogP) is 2.98. The van der Waals surface area contributed by atoms with Crippen LogP contribution in [0.3, 0.4) is 0 Å². The molecule has 1 N–H and O–H groups in total. The maximum absolute atomic E-state index is 15.7. The smallest absolute Gasteiger partial charge is 0.377 e. The molecule has 1 heterocycles. The third kappa shape index (κ3) is 3.06. The maximum atomic E-state index is 15.7. The van der Waals surface area contributed by atoms with Gasteiger partial charge >= 0.3 is 6.18 Å². The van der Waals surface area contributed by atoms with E-state index in [2.05, 4.69) is 15.5 Å². The molecule has 0 spiro atoms. The molecule has 0 amide bonds. The van der Waals surface area contributed by atoms with E-state index in [4.69, 9.17) is 4.74 Å². The number of benzene rings is 1. The predicted molar refractivity (Wildman–Crippen MR) is 84.0 cm³/mol. The summed E-state index contributed by atoms with van der Waals surface area (Å²) >= 11 is 0. The Morgan fingerprint density at radius 3 is 2.30 bits per heavy atom. The molecule has 3 aliphatic carbocycles. The van der Waals surface area contributed by atoms with Crippen molar-refractivity contribution in [1.29, 1.82) is 0 Å². The summed E-state index contributed by atoms with van der Waals surface area (Å²) in [5, 5.41) is 21.0. The Morgan fingerprint density at radius 2 is 1.77 bits per heavy atom. The van der Waals surface area contributed by atoms with Crippen molar-refractivity contribution in [1.82, 2.24) is 20.2 Å². The van der Waals surface area contributed by atoms with Crippen molar-refractivity contribution in [2.45, 2.75) is 49.1 Å². The number of nitrogens with zero attached hydrogens (tertiary/aromatic N) is 4. The highest BCUT2D eigenvalue weighted by molar-refractivity contribution is 5.34. The molecule has 1 aromatic heterocycles. The zero-order chi connectivity index (χ0) is 22.0. The first kappa shape index (κ1) is 21.0. The van der Waals surface area contributed by atoms with Crippen molar-refractivity contribution in [2.75, 3.05) is 6.61 Å². The molecule has 3 aliphatic rings. The molecule has 5 rings (SSSR count). The average Bonchev–Trinajstić information content (AvgIpc) is 3.03. The van der Waals surface area contributed by atoms with Gasteiger partial charge in [0.15, 0.2) is 5.60 Å². The van der Waals surface area contributed by atoms with Gasteiger partial charge in [-0.05, 0) is 41.8 Å². The second-order valence-corrected chi connectivity index (χ2v) is 7.96. The van der Waals surface area contributed by atoms with Gasteiger partial charge in [-0.25, -0.2) is 22.2 Å². The molecule has 30 heavy (non-hydrogen) atoms. The lowest BCUT2D eigenvalue weighted by atomic mass is 9.37. The molecule has 2 aromatic rings. The minimum Gasteiger partial charge on any atom is -0.377 e. The average molecular weight is 440 g/mol. The summed E-state index contributed by atoms with van der Waals surface area (Å²) < 4.78 is 102. The van der Waals surface area contributed by atoms with Crippen molar-refractivity contribution in [3.05, 3.63) is 41.7 Å². The summed E-state index contributed by atoms with van der Waals surface area (Å²) in [4.78, 5) is 0. The fourth-order valence-electron chi connectivity index (χ4n) is 4.52. The molecule has 1 atom stereocenters. The van der Waals surface area contributed by atoms with Gasteiger partial charge in [-0.3, -0.25) is 0 Å². The van der Waals surface area contributed by atoms with Crippen molar-refractivity contribution in [3.63, 3.8) is 0 Å². The van der Waals surface area contributed by atoms with Gasteiger partial charge in [0.2, 0.25) is 0 Å². The molecule has 0 saturated heterocycles. The molecular formula is C17H15F7N4O2. The molecule has 0 unspecified atom stereocenters. The molecule has 0 radical (unpaired) electrons. The van der Waals surface area contributed by atoms with Crippen LogP contribution in [0.1, 0.15) is 24.8 Å². The Balaban J connectivity index is 1.65. The summed E-state index contributed by atoms with van der Waals surface area (Å²) in [5.41, 5.74) is -7.33. The van der Waals surface area contributed by atoms with Crippen molar-refractivity contribution >= 4 is 0 Å². The topological polar surface area (TPSA) is 73.1 Å². The first-order valence-corrected chi connectivity index (χ1v) is 8.79. The van der Waals surface area contributed by atoms with Crippen molar-refractivity contribution in [2.24, 2.45) is 5.41 Å². The lowest BCUT2D eigenvalue weighted by Crippen LogP contribution is -2.78. The fraction of sp³-hybridized carbons (Fsp3) is 0.588. The quantitative estimate of drug-likeness (QED) is 0.671. The van der Waals surface area contributed by atoms with Gasteiger partial charge in [0.05, 0.1) is 12.1 Å². The van der Waals surface area contributed by atoms with Gasteiger partial charge in [-0.2, -0.15) is 13.2 Å². The zero-order valence-electron chi connectivity index (χ0n) is 15.1. The summed E-state index contributed by atoms with van der Waals surface area (Å²) in [7, 11) is 0. The normalized spacial score (nSPS) is 27.9. The summed E-state index contributed by atoms with van der Waals surface area (Å²) in [6.45, 7) is -2.54. The van der Waals surface area contributed by atoms with E-state index in [1.54, 1.807) is 0 Å². The second-order valence-electron chi connectivity index (χ2n) is 7.96. The van der Waals surface area contributed by atoms with Crippen LogP contribution in [0.5, 0.6) is 0 Å². The molecule has 0 aliphatic heterocycles. The first-order chi connectivity index (χ1) is 13.8. The Labute approximate surface area is 164 Å². The van der Waals surface area contributed by atoms with Crippen LogP contribution in [0.15, 0.2) is 24.5 Å². The highest BCUT2D eigenvalue weighted by Gasteiger charge is 2.83. The van der Waals surface area contributed by atoms with E-state index >= 15 is 8.78 Å². The number of tetrazole rings is 1. The van der Waals surface area contributed by atoms with E-state index in [0.717, 1.165) is 17.1 Å². The second kappa shape index (κ2) is 6.36. The molecular weight excluding hydrogens is 425 g/mol. The van der Waals surface area contributed by atoms with Crippen LogP contribution in [0.25, 0.3) is 0 Å². The monoisotopic (exact) mass is 440 g/mol. The molecule has 3 fully saturated rings. The molecule has 164 valence electrons. The minimum absolute atomic E-state index is 0.353. The van der Waals surface area contributed by atoms with Crippen LogP contribution in [0, 0.1) is 17.0 Å². The molecule has 13 heteroatoms. The van der Waals surface area contributed by atoms with E-state index in [0.29, 0.717) is 12.1 Å². The van der Waals surface area contributed by atoms with E-state index in [1.807, 2.05) is 0 Å². The van der Waals surface area contributed by atoms with Crippen molar-refractivity contribution in [3.8, 4) is 0 Å². The lowest BCUT2D eigenvalue weighted by Gasteiger charge is -2.72. The Kier molecular flexibility index (Phi) is 4.45. The van der Waals surface area contributed by atoms with E-state index in [9.17, 15) is 27.1 Å². The molecule has 1 aromatic carbocycles. The van der Waals surface area contributed by atoms with Crippen LogP contribution < -0.4 is 0 Å². The Bertz CT molecular complexity index is 930. The van der Waals surface area contributed by atoms with E-state index in [-0.39, 0.29) is 0 Å². The highest BCUT2D eigenvalue weighted by Crippen LogP contribution is 2.77. The third-order valence-corrected chi connectivity index (χ3v) is 5.87. The number of hydrogen-bond donors (Lipinski definition) is 1. The number of aliphatic hydroxyl groups is 1. The molecule has 3 saturated carbocycles. The van der Waals surface area contributed by atoms with Gasteiger partial charge in [0, 0.05) is 17.0 Å². The fourth-order valence-corrected chi connectivity index (χ4v) is 4.52. The molecule has 6 nitrogen and oxygen atoms in total. The van der Waals surface area contributed by atoms with Crippen LogP contribution in [-0.2, 0) is 16.9 Å². The van der Waals surface area contributed by atoms with Gasteiger partial charge in [-0.1, -0.05) is 0 Å². The maximum Gasteiger partial charge on any atom is 0.411 e. The van der Waals surface area contributed by atoms with E-state index < -0.39 is 78.3 Å². The van der Waals surface area contributed by atoms with Crippen LogP contribution in [0.2, 0.25) is 0 Å². The highest BCUT2D eigenvalue weighted by atomic mass is 19.4. The van der Waals surface area contributed by atoms with Crippen molar-refractivity contribution < 1.29 is 40.6 Å². The largest absolute Gasteiger partial charge is 0.411 e. The summed E-state index contributed by atoms with van der Waals surface area (Å²) in [6.07, 6.45) is -5.00. The minimum atomic E-state index is -4.61.